The molecule has 0 bridgehead atoms. The van der Waals surface area contributed by atoms with Crippen LogP contribution in [0.4, 0.5) is 20.6 Å². The smallest absolute Gasteiger partial charge is 0.323 e. The highest BCUT2D eigenvalue weighted by Crippen LogP contribution is 2.28. The highest BCUT2D eigenvalue weighted by molar-refractivity contribution is 5.99. The summed E-state index contributed by atoms with van der Waals surface area (Å²) in [5, 5.41) is 5.43. The van der Waals surface area contributed by atoms with Crippen molar-refractivity contribution in [2.45, 2.75) is 31.7 Å². The molecule has 2 atom stereocenters. The Bertz CT molecular complexity index is 806. The lowest BCUT2D eigenvalue weighted by molar-refractivity contribution is 0.262. The molecule has 1 unspecified atom stereocenters. The summed E-state index contributed by atoms with van der Waals surface area (Å²) < 4.78 is 18.1. The standard InChI is InChI=1S/C20H23FN4O2/c1-2-13(11-18-12-27-19(22)23-18)14-3-7-16(8-4-14)24-20(26)25-17-9-5-15(21)6-10-17/h3-10,13,18H,2,11-12H2,1H3,(H2,22,23)(H2,24,25,26)/t13-,18?/m0/s1. The van der Waals surface area contributed by atoms with E-state index in [-0.39, 0.29) is 23.9 Å². The zero-order valence-corrected chi connectivity index (χ0v) is 15.1. The van der Waals surface area contributed by atoms with Crippen LogP contribution in [0.25, 0.3) is 0 Å². The normalized spacial score (nSPS) is 17.0. The van der Waals surface area contributed by atoms with E-state index in [0.29, 0.717) is 23.9 Å². The van der Waals surface area contributed by atoms with Crippen molar-refractivity contribution in [2.75, 3.05) is 17.2 Å². The van der Waals surface area contributed by atoms with Crippen LogP contribution in [0, 0.1) is 5.82 Å². The number of nitrogens with zero attached hydrogens (tertiary/aromatic N) is 1. The van der Waals surface area contributed by atoms with Crippen molar-refractivity contribution < 1.29 is 13.9 Å². The van der Waals surface area contributed by atoms with Gasteiger partial charge < -0.3 is 21.1 Å². The molecule has 0 aliphatic carbocycles. The molecule has 0 saturated heterocycles. The van der Waals surface area contributed by atoms with Crippen LogP contribution in [0.5, 0.6) is 0 Å². The van der Waals surface area contributed by atoms with E-state index in [2.05, 4.69) is 22.5 Å². The van der Waals surface area contributed by atoms with Crippen molar-refractivity contribution in [3.8, 4) is 0 Å². The van der Waals surface area contributed by atoms with E-state index in [1.807, 2.05) is 24.3 Å². The number of amides is 2. The lowest BCUT2D eigenvalue weighted by Gasteiger charge is -2.18. The molecule has 2 aromatic rings. The van der Waals surface area contributed by atoms with Gasteiger partial charge >= 0.3 is 6.03 Å². The highest BCUT2D eigenvalue weighted by atomic mass is 19.1. The van der Waals surface area contributed by atoms with Crippen LogP contribution in [0.1, 0.15) is 31.2 Å². The second kappa shape index (κ2) is 8.53. The van der Waals surface area contributed by atoms with Crippen LogP contribution < -0.4 is 16.4 Å². The summed E-state index contributed by atoms with van der Waals surface area (Å²) in [6, 6.07) is 13.3. The summed E-state index contributed by atoms with van der Waals surface area (Å²) in [5.41, 5.74) is 7.96. The Hall–Kier alpha value is -3.09. The minimum Gasteiger partial charge on any atom is -0.463 e. The van der Waals surface area contributed by atoms with Crippen molar-refractivity contribution in [3.63, 3.8) is 0 Å². The van der Waals surface area contributed by atoms with Crippen molar-refractivity contribution >= 4 is 23.4 Å². The van der Waals surface area contributed by atoms with Gasteiger partial charge in [0.1, 0.15) is 12.4 Å². The lowest BCUT2D eigenvalue weighted by atomic mass is 9.90. The van der Waals surface area contributed by atoms with Gasteiger partial charge in [-0.15, -0.1) is 0 Å². The van der Waals surface area contributed by atoms with Gasteiger partial charge in [0.15, 0.2) is 0 Å². The maximum absolute atomic E-state index is 12.9. The van der Waals surface area contributed by atoms with Gasteiger partial charge in [-0.2, -0.15) is 0 Å². The van der Waals surface area contributed by atoms with Gasteiger partial charge in [-0.3, -0.25) is 0 Å². The minimum absolute atomic E-state index is 0.0919. The summed E-state index contributed by atoms with van der Waals surface area (Å²) in [6.45, 7) is 2.67. The number of benzene rings is 2. The third kappa shape index (κ3) is 5.20. The number of nitrogens with two attached hydrogens (primary N) is 1. The highest BCUT2D eigenvalue weighted by Gasteiger charge is 2.21. The Balaban J connectivity index is 1.57. The molecule has 6 nitrogen and oxygen atoms in total. The Kier molecular flexibility index (Phi) is 5.90. The first-order chi connectivity index (χ1) is 13.0. The second-order valence-corrected chi connectivity index (χ2v) is 6.48. The zero-order chi connectivity index (χ0) is 19.2. The summed E-state index contributed by atoms with van der Waals surface area (Å²) in [5.74, 6) is -0.00471. The molecule has 0 aromatic heterocycles. The number of urea groups is 1. The fourth-order valence-electron chi connectivity index (χ4n) is 3.09. The third-order valence-corrected chi connectivity index (χ3v) is 4.52. The number of hydrogen-bond acceptors (Lipinski definition) is 4. The molecule has 0 radical (unpaired) electrons. The van der Waals surface area contributed by atoms with E-state index in [1.165, 1.54) is 29.8 Å². The number of halogens is 1. The quantitative estimate of drug-likeness (QED) is 0.716. The third-order valence-electron chi connectivity index (χ3n) is 4.52. The van der Waals surface area contributed by atoms with Gasteiger partial charge in [0, 0.05) is 11.4 Å². The first-order valence-electron chi connectivity index (χ1n) is 8.93. The maximum atomic E-state index is 12.9. The molecule has 142 valence electrons. The fourth-order valence-corrected chi connectivity index (χ4v) is 3.09. The van der Waals surface area contributed by atoms with E-state index in [0.717, 1.165) is 12.8 Å². The molecule has 4 N–H and O–H groups in total. The monoisotopic (exact) mass is 370 g/mol. The molecule has 2 aromatic carbocycles. The number of amidine groups is 1. The summed E-state index contributed by atoms with van der Waals surface area (Å²) in [4.78, 5) is 16.3. The zero-order valence-electron chi connectivity index (χ0n) is 15.1. The number of carbonyl (C=O) groups excluding carboxylic acids is 1. The Morgan fingerprint density at radius 3 is 2.30 bits per heavy atom. The van der Waals surface area contributed by atoms with Gasteiger partial charge in [-0.25, -0.2) is 14.2 Å². The SMILES string of the molecule is CC[C@@H](CC1COC(N)=N1)c1ccc(NC(=O)Nc2ccc(F)cc2)cc1. The second-order valence-electron chi connectivity index (χ2n) is 6.48. The first-order valence-corrected chi connectivity index (χ1v) is 8.93. The van der Waals surface area contributed by atoms with Crippen LogP contribution in [-0.4, -0.2) is 24.7 Å². The molecule has 1 heterocycles. The molecular formula is C20H23FN4O2. The van der Waals surface area contributed by atoms with E-state index in [9.17, 15) is 9.18 Å². The number of rotatable bonds is 6. The topological polar surface area (TPSA) is 88.7 Å². The molecule has 1 aliphatic rings. The lowest BCUT2D eigenvalue weighted by Crippen LogP contribution is -2.19. The number of hydrogen-bond donors (Lipinski definition) is 3. The predicted molar refractivity (Wildman–Crippen MR) is 104 cm³/mol. The molecule has 0 spiro atoms. The van der Waals surface area contributed by atoms with Gasteiger partial charge in [-0.1, -0.05) is 19.1 Å². The van der Waals surface area contributed by atoms with Gasteiger partial charge in [0.2, 0.25) is 0 Å². The van der Waals surface area contributed by atoms with Crippen LogP contribution in [0.3, 0.4) is 0 Å². The minimum atomic E-state index is -0.380. The van der Waals surface area contributed by atoms with Crippen molar-refractivity contribution in [3.05, 3.63) is 59.9 Å². The number of anilines is 2. The van der Waals surface area contributed by atoms with Crippen LogP contribution in [0.15, 0.2) is 53.5 Å². The molecule has 0 fully saturated rings. The van der Waals surface area contributed by atoms with Gasteiger partial charge in [0.25, 0.3) is 6.02 Å². The summed E-state index contributed by atoms with van der Waals surface area (Å²) in [7, 11) is 0. The van der Waals surface area contributed by atoms with E-state index < -0.39 is 0 Å². The van der Waals surface area contributed by atoms with Crippen LogP contribution >= 0.6 is 0 Å². The largest absolute Gasteiger partial charge is 0.463 e. The summed E-state index contributed by atoms with van der Waals surface area (Å²) >= 11 is 0. The molecular weight excluding hydrogens is 347 g/mol. The molecule has 0 saturated carbocycles. The van der Waals surface area contributed by atoms with Crippen LogP contribution in [0.2, 0.25) is 0 Å². The number of aliphatic imine (C=N–C) groups is 1. The predicted octanol–water partition coefficient (Wildman–Crippen LogP) is 4.07. The Morgan fingerprint density at radius 2 is 1.78 bits per heavy atom. The number of ether oxygens (including phenoxy) is 1. The molecule has 3 rings (SSSR count). The maximum Gasteiger partial charge on any atom is 0.323 e. The molecule has 27 heavy (non-hydrogen) atoms. The van der Waals surface area contributed by atoms with Gasteiger partial charge in [-0.05, 0) is 60.7 Å². The average Bonchev–Trinajstić information content (AvgIpc) is 3.07. The van der Waals surface area contributed by atoms with Gasteiger partial charge in [0.05, 0.1) is 6.04 Å². The van der Waals surface area contributed by atoms with Crippen LogP contribution in [-0.2, 0) is 4.74 Å². The average molecular weight is 370 g/mol. The Labute approximate surface area is 157 Å². The van der Waals surface area contributed by atoms with E-state index in [4.69, 9.17) is 10.5 Å². The summed E-state index contributed by atoms with van der Waals surface area (Å²) in [6.07, 6.45) is 1.85. The molecule has 2 amide bonds. The molecule has 1 aliphatic heterocycles. The van der Waals surface area contributed by atoms with E-state index >= 15 is 0 Å². The van der Waals surface area contributed by atoms with Crippen molar-refractivity contribution in [1.82, 2.24) is 0 Å². The number of nitrogens with one attached hydrogen (secondary N) is 2. The van der Waals surface area contributed by atoms with E-state index in [1.54, 1.807) is 0 Å². The first kappa shape index (κ1) is 18.7. The molecule has 7 heteroatoms. The van der Waals surface area contributed by atoms with Crippen molar-refractivity contribution in [1.29, 1.82) is 0 Å². The fraction of sp³-hybridized carbons (Fsp3) is 0.300. The number of carbonyl (C=O) groups is 1. The Morgan fingerprint density at radius 1 is 1.19 bits per heavy atom. The van der Waals surface area contributed by atoms with Crippen molar-refractivity contribution in [2.24, 2.45) is 10.7 Å².